The van der Waals surface area contributed by atoms with E-state index in [1.807, 2.05) is 0 Å². The van der Waals surface area contributed by atoms with Crippen molar-refractivity contribution in [3.63, 3.8) is 0 Å². The summed E-state index contributed by atoms with van der Waals surface area (Å²) in [7, 11) is 0. The number of hydrogen-bond acceptors (Lipinski definition) is 4. The van der Waals surface area contributed by atoms with Gasteiger partial charge in [0, 0.05) is 64.4 Å². The number of likely N-dealkylation sites (tertiary alicyclic amines) is 2. The van der Waals surface area contributed by atoms with E-state index in [4.69, 9.17) is 0 Å². The molecule has 3 aliphatic heterocycles. The van der Waals surface area contributed by atoms with Crippen molar-refractivity contribution in [2.24, 2.45) is 16.7 Å². The molecular formula is C25H48N4. The Hall–Kier alpha value is -0.160. The average molecular weight is 405 g/mol. The minimum Gasteiger partial charge on any atom is -0.303 e. The highest BCUT2D eigenvalue weighted by Crippen LogP contribution is 2.51. The highest BCUT2D eigenvalue weighted by molar-refractivity contribution is 4.98. The molecule has 4 heteroatoms. The standard InChI is InChI=1S/C25H48N4/c1-21(2)16-25(6-7-25)20-26-10-8-24(5,9-11-26)19-27-17-23(18-27)29-14-12-28(13-15-29)22(3)4/h21-23H,6-20H2,1-5H3. The zero-order chi connectivity index (χ0) is 20.6. The largest absolute Gasteiger partial charge is 0.303 e. The predicted molar refractivity (Wildman–Crippen MR) is 123 cm³/mol. The monoisotopic (exact) mass is 404 g/mol. The molecule has 3 heterocycles. The molecule has 4 fully saturated rings. The maximum Gasteiger partial charge on any atom is 0.0351 e. The number of piperidine rings is 1. The van der Waals surface area contributed by atoms with Gasteiger partial charge in [0.2, 0.25) is 0 Å². The van der Waals surface area contributed by atoms with Crippen LogP contribution >= 0.6 is 0 Å². The fourth-order valence-corrected chi connectivity index (χ4v) is 6.41. The lowest BCUT2D eigenvalue weighted by atomic mass is 9.78. The van der Waals surface area contributed by atoms with Crippen LogP contribution in [0.2, 0.25) is 0 Å². The van der Waals surface area contributed by atoms with Crippen LogP contribution in [0.5, 0.6) is 0 Å². The van der Waals surface area contributed by atoms with Gasteiger partial charge in [0.25, 0.3) is 0 Å². The normalized spacial score (nSPS) is 29.5. The summed E-state index contributed by atoms with van der Waals surface area (Å²) in [5, 5.41) is 0. The first-order valence-corrected chi connectivity index (χ1v) is 12.7. The lowest BCUT2D eigenvalue weighted by molar-refractivity contribution is -0.0283. The molecule has 3 saturated heterocycles. The molecule has 0 aromatic carbocycles. The minimum atomic E-state index is 0.548. The van der Waals surface area contributed by atoms with Gasteiger partial charge in [-0.25, -0.2) is 0 Å². The summed E-state index contributed by atoms with van der Waals surface area (Å²) in [6.07, 6.45) is 7.22. The van der Waals surface area contributed by atoms with Gasteiger partial charge in [-0.3, -0.25) is 14.7 Å². The van der Waals surface area contributed by atoms with Crippen molar-refractivity contribution in [1.82, 2.24) is 19.6 Å². The number of nitrogens with zero attached hydrogens (tertiary/aromatic N) is 4. The Labute approximate surface area is 181 Å². The SMILES string of the molecule is CC(C)CC1(CN2CCC(C)(CN3CC(N4CCN(C(C)C)CC4)C3)CC2)CC1. The first-order chi connectivity index (χ1) is 13.8. The molecule has 0 spiro atoms. The zero-order valence-electron chi connectivity index (χ0n) is 20.1. The minimum absolute atomic E-state index is 0.548. The van der Waals surface area contributed by atoms with E-state index in [1.54, 1.807) is 0 Å². The van der Waals surface area contributed by atoms with Crippen molar-refractivity contribution in [1.29, 1.82) is 0 Å². The van der Waals surface area contributed by atoms with Gasteiger partial charge in [0.1, 0.15) is 0 Å². The summed E-state index contributed by atoms with van der Waals surface area (Å²) in [6, 6.07) is 1.54. The quantitative estimate of drug-likeness (QED) is 0.612. The number of rotatable bonds is 8. The molecule has 0 N–H and O–H groups in total. The van der Waals surface area contributed by atoms with Crippen molar-refractivity contribution < 1.29 is 0 Å². The van der Waals surface area contributed by atoms with Crippen LogP contribution < -0.4 is 0 Å². The van der Waals surface area contributed by atoms with Crippen molar-refractivity contribution >= 4 is 0 Å². The van der Waals surface area contributed by atoms with Gasteiger partial charge in [-0.1, -0.05) is 20.8 Å². The summed E-state index contributed by atoms with van der Waals surface area (Å²) >= 11 is 0. The Balaban J connectivity index is 1.15. The average Bonchev–Trinajstić information content (AvgIpc) is 3.38. The highest BCUT2D eigenvalue weighted by atomic mass is 15.4. The molecule has 168 valence electrons. The fraction of sp³-hybridized carbons (Fsp3) is 1.00. The Morgan fingerprint density at radius 1 is 0.759 bits per heavy atom. The summed E-state index contributed by atoms with van der Waals surface area (Å²) in [6.45, 7) is 25.2. The zero-order valence-corrected chi connectivity index (χ0v) is 20.1. The second kappa shape index (κ2) is 8.76. The van der Waals surface area contributed by atoms with Crippen molar-refractivity contribution in [2.75, 3.05) is 65.4 Å². The van der Waals surface area contributed by atoms with Gasteiger partial charge in [0.05, 0.1) is 0 Å². The lowest BCUT2D eigenvalue weighted by Crippen LogP contribution is -2.64. The molecule has 4 aliphatic rings. The molecule has 0 aromatic rings. The van der Waals surface area contributed by atoms with E-state index < -0.39 is 0 Å². The van der Waals surface area contributed by atoms with Crippen LogP contribution in [0.3, 0.4) is 0 Å². The van der Waals surface area contributed by atoms with Crippen molar-refractivity contribution in [2.45, 2.75) is 78.8 Å². The molecule has 0 bridgehead atoms. The molecule has 4 nitrogen and oxygen atoms in total. The third-order valence-electron chi connectivity index (χ3n) is 8.56. The molecular weight excluding hydrogens is 356 g/mol. The van der Waals surface area contributed by atoms with Crippen molar-refractivity contribution in [3.05, 3.63) is 0 Å². The van der Waals surface area contributed by atoms with Crippen LogP contribution in [-0.4, -0.2) is 97.1 Å². The first kappa shape index (κ1) is 22.0. The molecule has 29 heavy (non-hydrogen) atoms. The first-order valence-electron chi connectivity index (χ1n) is 12.7. The Kier molecular flexibility index (Phi) is 6.66. The second-order valence-corrected chi connectivity index (χ2v) is 12.2. The number of hydrogen-bond donors (Lipinski definition) is 0. The van der Waals surface area contributed by atoms with Gasteiger partial charge in [-0.15, -0.1) is 0 Å². The molecule has 4 rings (SSSR count). The fourth-order valence-electron chi connectivity index (χ4n) is 6.41. The topological polar surface area (TPSA) is 13.0 Å². The van der Waals surface area contributed by atoms with E-state index in [9.17, 15) is 0 Å². The smallest absolute Gasteiger partial charge is 0.0351 e. The van der Waals surface area contributed by atoms with E-state index in [1.165, 1.54) is 97.6 Å². The third kappa shape index (κ3) is 5.56. The third-order valence-corrected chi connectivity index (χ3v) is 8.56. The van der Waals surface area contributed by atoms with Crippen LogP contribution in [-0.2, 0) is 0 Å². The Morgan fingerprint density at radius 2 is 1.38 bits per heavy atom. The summed E-state index contributed by atoms with van der Waals surface area (Å²) in [5.41, 5.74) is 1.25. The molecule has 1 saturated carbocycles. The van der Waals surface area contributed by atoms with E-state index in [0.717, 1.165) is 12.0 Å². The molecule has 1 aliphatic carbocycles. The van der Waals surface area contributed by atoms with E-state index >= 15 is 0 Å². The van der Waals surface area contributed by atoms with Crippen LogP contribution in [0.15, 0.2) is 0 Å². The van der Waals surface area contributed by atoms with E-state index in [0.29, 0.717) is 16.9 Å². The summed E-state index contributed by atoms with van der Waals surface area (Å²) < 4.78 is 0. The van der Waals surface area contributed by atoms with Gasteiger partial charge in [0.15, 0.2) is 0 Å². The summed E-state index contributed by atoms with van der Waals surface area (Å²) in [5.74, 6) is 0.861. The van der Waals surface area contributed by atoms with E-state index in [-0.39, 0.29) is 0 Å². The number of piperazine rings is 1. The van der Waals surface area contributed by atoms with E-state index in [2.05, 4.69) is 54.2 Å². The van der Waals surface area contributed by atoms with Gasteiger partial charge in [-0.05, 0) is 75.8 Å². The molecule has 0 unspecified atom stereocenters. The Bertz CT molecular complexity index is 519. The lowest BCUT2D eigenvalue weighted by Gasteiger charge is -2.52. The molecule has 0 amide bonds. The van der Waals surface area contributed by atoms with Crippen LogP contribution in [0, 0.1) is 16.7 Å². The van der Waals surface area contributed by atoms with Crippen LogP contribution in [0.1, 0.15) is 66.7 Å². The summed E-state index contributed by atoms with van der Waals surface area (Å²) in [4.78, 5) is 11.0. The molecule has 0 aromatic heterocycles. The Morgan fingerprint density at radius 3 is 1.90 bits per heavy atom. The van der Waals surface area contributed by atoms with Crippen LogP contribution in [0.4, 0.5) is 0 Å². The maximum atomic E-state index is 2.81. The second-order valence-electron chi connectivity index (χ2n) is 12.2. The van der Waals surface area contributed by atoms with Crippen LogP contribution in [0.25, 0.3) is 0 Å². The highest BCUT2D eigenvalue weighted by Gasteiger charge is 2.45. The van der Waals surface area contributed by atoms with Gasteiger partial charge < -0.3 is 4.90 Å². The van der Waals surface area contributed by atoms with Gasteiger partial charge in [-0.2, -0.15) is 0 Å². The maximum absolute atomic E-state index is 2.81. The molecule has 0 radical (unpaired) electrons. The van der Waals surface area contributed by atoms with Gasteiger partial charge >= 0.3 is 0 Å². The van der Waals surface area contributed by atoms with Crippen molar-refractivity contribution in [3.8, 4) is 0 Å². The molecule has 0 atom stereocenters. The predicted octanol–water partition coefficient (Wildman–Crippen LogP) is 3.63.